The van der Waals surface area contributed by atoms with E-state index in [-0.39, 0.29) is 0 Å². The minimum absolute atomic E-state index is 0.548. The van der Waals surface area contributed by atoms with Crippen LogP contribution in [-0.2, 0) is 10.8 Å². The highest BCUT2D eigenvalue weighted by Crippen LogP contribution is 2.76. The van der Waals surface area contributed by atoms with E-state index in [4.69, 9.17) is 0 Å². The number of rotatable bonds is 8. The first-order valence-electron chi connectivity index (χ1n) is 42.9. The summed E-state index contributed by atoms with van der Waals surface area (Å²) in [6, 6.07) is 110. The third-order valence-electron chi connectivity index (χ3n) is 27.4. The summed E-state index contributed by atoms with van der Waals surface area (Å²) in [7, 11) is -15.0. The van der Waals surface area contributed by atoms with E-state index < -0.39 is 86.3 Å². The second kappa shape index (κ2) is 28.1. The Bertz CT molecular complexity index is 5050. The molecule has 0 amide bonds. The molecule has 0 N–H and O–H groups in total. The van der Waals surface area contributed by atoms with Crippen molar-refractivity contribution >= 4 is 174 Å². The van der Waals surface area contributed by atoms with E-state index in [0.29, 0.717) is 0 Å². The molecular weight excluding hydrogens is 1530 g/mol. The molecule has 0 saturated heterocycles. The van der Waals surface area contributed by atoms with Crippen LogP contribution < -0.4 is 61.1 Å². The first-order valence-corrected chi connectivity index (χ1v) is 69.7. The molecule has 16 bridgehead atoms. The minimum atomic E-state index is -2.05. The summed E-state index contributed by atoms with van der Waals surface area (Å²) < 4.78 is 0. The van der Waals surface area contributed by atoms with Gasteiger partial charge in [0.15, 0.2) is 0 Å². The molecule has 0 saturated carbocycles. The van der Waals surface area contributed by atoms with Crippen molar-refractivity contribution in [1.29, 1.82) is 0 Å². The summed E-state index contributed by atoms with van der Waals surface area (Å²) in [6.45, 7) is 66.5. The Hall–Kier alpha value is -8.42. The molecule has 20 rings (SSSR count). The highest BCUT2D eigenvalue weighted by molar-refractivity contribution is 7.07. The molecule has 2 aliphatic carbocycles. The fourth-order valence-corrected chi connectivity index (χ4v) is 51.7. The number of nitrogens with zero attached hydrogens (tertiary/aromatic N) is 4. The Morgan fingerprint density at radius 3 is 0.509 bits per heavy atom. The number of fused-ring (bicyclic) bond motifs is 6. The fraction of sp³-hybridized carbons (Fsp3) is 0.308. The van der Waals surface area contributed by atoms with Gasteiger partial charge in [0.05, 0.1) is 64.6 Å². The molecule has 116 heavy (non-hydrogen) atoms. The van der Waals surface area contributed by atoms with Crippen LogP contribution in [0.3, 0.4) is 0 Å². The molecular formula is C104H126N4Si8. The molecule has 594 valence electrons. The molecule has 6 aliphatic heterocycles. The van der Waals surface area contributed by atoms with E-state index in [1.165, 1.54) is 143 Å². The van der Waals surface area contributed by atoms with Crippen LogP contribution in [0.2, 0.25) is 142 Å². The molecule has 12 heteroatoms. The van der Waals surface area contributed by atoms with Gasteiger partial charge in [-0.3, -0.25) is 0 Å². The normalized spacial score (nSPS) is 17.2. The lowest BCUT2D eigenvalue weighted by molar-refractivity contribution is 0.0594. The van der Waals surface area contributed by atoms with E-state index in [0.717, 1.165) is 22.7 Å². The van der Waals surface area contributed by atoms with Crippen molar-refractivity contribution in [1.82, 2.24) is 0 Å². The van der Waals surface area contributed by atoms with Gasteiger partial charge < -0.3 is 19.6 Å². The van der Waals surface area contributed by atoms with Crippen molar-refractivity contribution in [2.75, 3.05) is 19.6 Å². The Morgan fingerprint density at radius 2 is 0.362 bits per heavy atom. The van der Waals surface area contributed by atoms with Gasteiger partial charge >= 0.3 is 0 Å². The van der Waals surface area contributed by atoms with Crippen molar-refractivity contribution in [3.8, 4) is 22.3 Å². The third kappa shape index (κ3) is 13.7. The summed E-state index contributed by atoms with van der Waals surface area (Å²) in [5.41, 5.74) is 24.2. The Morgan fingerprint density at radius 1 is 0.216 bits per heavy atom. The third-order valence-corrected chi connectivity index (χ3v) is 57.4. The number of hydrogen-bond acceptors (Lipinski definition) is 4. The van der Waals surface area contributed by atoms with E-state index >= 15 is 0 Å². The summed E-state index contributed by atoms with van der Waals surface area (Å²) in [5, 5.41) is 11.9. The molecule has 0 radical (unpaired) electrons. The SMILES string of the molecule is CC(C)(C)C12c3cc4ccc3-c3ccc(cc31)N(c1ccc([Si](C)(C)C)cc1)c1ccc(cc1)[Si](C)(C)C[Si](C)(C)c1ccc(cc1)N(c1ccc([Si](C)(C)C)cc1)c1ccc3c(c1)C2(C(C)(C)C)c1cc(ccc1-3)N(c1ccc([Si](C)(C)C)cc1)c1ccc(cc1)[Si](C)(C)C[Si](C)(C)c1ccc(cc1)N4c1ccc([Si](C)(C)C)cc1. The molecule has 0 fully saturated rings. The molecule has 12 aromatic carbocycles. The van der Waals surface area contributed by atoms with Gasteiger partial charge in [0.2, 0.25) is 0 Å². The van der Waals surface area contributed by atoms with Crippen LogP contribution in [0.4, 0.5) is 68.2 Å². The highest BCUT2D eigenvalue weighted by atomic mass is 28.4. The van der Waals surface area contributed by atoms with Crippen LogP contribution >= 0.6 is 0 Å². The lowest BCUT2D eigenvalue weighted by Crippen LogP contribution is -2.62. The van der Waals surface area contributed by atoms with Crippen LogP contribution in [0, 0.1) is 10.8 Å². The lowest BCUT2D eigenvalue weighted by atomic mass is 9.39. The smallest absolute Gasteiger partial charge is 0.0783 e. The quantitative estimate of drug-likeness (QED) is 0.141. The van der Waals surface area contributed by atoms with Gasteiger partial charge in [-0.05, 0) is 201 Å². The molecule has 0 aromatic heterocycles. The van der Waals surface area contributed by atoms with Crippen LogP contribution in [-0.4, -0.2) is 64.6 Å². The monoisotopic (exact) mass is 1650 g/mol. The summed E-state index contributed by atoms with van der Waals surface area (Å²) in [6.07, 6.45) is 0. The van der Waals surface area contributed by atoms with Crippen LogP contribution in [0.25, 0.3) is 22.3 Å². The molecule has 8 aliphatic rings. The van der Waals surface area contributed by atoms with Crippen molar-refractivity contribution in [3.05, 3.63) is 289 Å². The summed E-state index contributed by atoms with van der Waals surface area (Å²) in [4.78, 5) is 10.5. The first kappa shape index (κ1) is 81.3. The predicted octanol–water partition coefficient (Wildman–Crippen LogP) is 25.8. The predicted molar refractivity (Wildman–Crippen MR) is 533 cm³/mol. The van der Waals surface area contributed by atoms with Crippen molar-refractivity contribution < 1.29 is 0 Å². The van der Waals surface area contributed by atoms with Crippen LogP contribution in [0.5, 0.6) is 0 Å². The van der Waals surface area contributed by atoms with Gasteiger partial charge in [0, 0.05) is 79.1 Å². The van der Waals surface area contributed by atoms with Crippen LogP contribution in [0.15, 0.2) is 267 Å². The number of hydrogen-bond donors (Lipinski definition) is 0. The largest absolute Gasteiger partial charge is 0.310 e. The van der Waals surface area contributed by atoms with E-state index in [2.05, 4.69) is 459 Å². The summed E-state index contributed by atoms with van der Waals surface area (Å²) in [5.74, 6) is 0. The molecule has 12 aromatic rings. The van der Waals surface area contributed by atoms with Crippen molar-refractivity contribution in [3.63, 3.8) is 0 Å². The average molecular weight is 1660 g/mol. The van der Waals surface area contributed by atoms with Gasteiger partial charge in [-0.1, -0.05) is 347 Å². The van der Waals surface area contributed by atoms with Gasteiger partial charge in [-0.15, -0.1) is 0 Å². The van der Waals surface area contributed by atoms with E-state index in [1.807, 2.05) is 0 Å². The number of benzene rings is 12. The molecule has 6 heterocycles. The average Bonchev–Trinajstić information content (AvgIpc) is 1.46. The van der Waals surface area contributed by atoms with E-state index in [9.17, 15) is 0 Å². The Balaban J connectivity index is 1.10. The summed E-state index contributed by atoms with van der Waals surface area (Å²) >= 11 is 0. The lowest BCUT2D eigenvalue weighted by Gasteiger charge is -2.62. The van der Waals surface area contributed by atoms with Gasteiger partial charge in [-0.25, -0.2) is 0 Å². The second-order valence-electron chi connectivity index (χ2n) is 43.5. The van der Waals surface area contributed by atoms with Gasteiger partial charge in [0.25, 0.3) is 0 Å². The Kier molecular flexibility index (Phi) is 19.7. The van der Waals surface area contributed by atoms with Gasteiger partial charge in [-0.2, -0.15) is 0 Å². The van der Waals surface area contributed by atoms with Gasteiger partial charge in [0.1, 0.15) is 0 Å². The molecule has 0 atom stereocenters. The number of anilines is 12. The van der Waals surface area contributed by atoms with E-state index in [1.54, 1.807) is 0 Å². The zero-order valence-corrected chi connectivity index (χ0v) is 82.6. The topological polar surface area (TPSA) is 13.0 Å². The Labute approximate surface area is 705 Å². The molecule has 4 nitrogen and oxygen atoms in total. The fourth-order valence-electron chi connectivity index (χ4n) is 21.8. The zero-order chi connectivity index (χ0) is 83.0. The maximum Gasteiger partial charge on any atom is 0.0783 e. The maximum atomic E-state index is 2.72. The van der Waals surface area contributed by atoms with Crippen molar-refractivity contribution in [2.45, 2.75) is 195 Å². The molecule has 0 spiro atoms. The molecule has 0 unspecified atom stereocenters. The maximum absolute atomic E-state index is 2.72. The zero-order valence-electron chi connectivity index (χ0n) is 74.6. The standard InChI is InChI=1S/C104H126N4Si8/c1-101(2,3)103-97-67-81-43-63-93(97)94-64-44-82(68-98(94)103)106(74-29-49-86(50-30-74)110(10,11)12)78-37-57-90(58-38-78)114(21,22)72-116(25,26)92-61-41-80(42-62-92)108(76-33-53-88(54-34-76)112(16,17)18)84-46-66-96-95-65-45-83(69-99(95)104(103,100(96)70-84)102(4,5)6)107(75-31-51-87(52-32-75)111(13,14)15)79-39-59-91(60-40-79)115(23,24)71-113(19,20)89-55-35-77(36-56-89)105(81)73-27-47-85(48-28-73)109(7,8)9/h27-70H,71-72H2,1-26H3. The van der Waals surface area contributed by atoms with Crippen molar-refractivity contribution in [2.24, 2.45) is 10.8 Å². The minimum Gasteiger partial charge on any atom is -0.310 e. The first-order chi connectivity index (χ1) is 54.2. The van der Waals surface area contributed by atoms with Crippen LogP contribution in [0.1, 0.15) is 63.8 Å². The highest BCUT2D eigenvalue weighted by Gasteiger charge is 2.71. The second-order valence-corrected chi connectivity index (χ2v) is 84.0.